The van der Waals surface area contributed by atoms with Crippen molar-refractivity contribution in [2.45, 2.75) is 20.1 Å². The molecule has 0 saturated carbocycles. The Morgan fingerprint density at radius 2 is 2.16 bits per heavy atom. The first-order valence-corrected chi connectivity index (χ1v) is 6.32. The van der Waals surface area contributed by atoms with Gasteiger partial charge in [0.2, 0.25) is 5.89 Å². The zero-order chi connectivity index (χ0) is 13.8. The second-order valence-electron chi connectivity index (χ2n) is 3.77. The van der Waals surface area contributed by atoms with Gasteiger partial charge < -0.3 is 19.0 Å². The third kappa shape index (κ3) is 3.24. The van der Waals surface area contributed by atoms with Crippen molar-refractivity contribution in [3.63, 3.8) is 0 Å². The highest BCUT2D eigenvalue weighted by atomic mass is 79.9. The maximum atomic E-state index is 9.13. The van der Waals surface area contributed by atoms with Crippen LogP contribution in [0.2, 0.25) is 0 Å². The zero-order valence-electron chi connectivity index (χ0n) is 10.5. The fourth-order valence-electron chi connectivity index (χ4n) is 1.53. The van der Waals surface area contributed by atoms with E-state index in [2.05, 4.69) is 26.1 Å². The lowest BCUT2D eigenvalue weighted by molar-refractivity contribution is 0.245. The Labute approximate surface area is 118 Å². The Hall–Kier alpha value is -1.60. The van der Waals surface area contributed by atoms with Crippen LogP contribution in [0.25, 0.3) is 0 Å². The number of aliphatic hydroxyl groups is 1. The van der Waals surface area contributed by atoms with Crippen LogP contribution in [0.15, 0.2) is 21.0 Å². The minimum absolute atomic E-state index is 0.0713. The Kier molecular flexibility index (Phi) is 4.39. The normalized spacial score (nSPS) is 10.5. The summed E-state index contributed by atoms with van der Waals surface area (Å²) in [4.78, 5) is 0. The van der Waals surface area contributed by atoms with E-state index in [4.69, 9.17) is 19.0 Å². The lowest BCUT2D eigenvalue weighted by Gasteiger charge is -2.12. The van der Waals surface area contributed by atoms with Crippen molar-refractivity contribution >= 4 is 15.9 Å². The van der Waals surface area contributed by atoms with E-state index in [0.29, 0.717) is 27.8 Å². The van der Waals surface area contributed by atoms with E-state index in [-0.39, 0.29) is 13.2 Å². The van der Waals surface area contributed by atoms with Gasteiger partial charge in [0.1, 0.15) is 0 Å². The van der Waals surface area contributed by atoms with Crippen LogP contribution < -0.4 is 9.47 Å². The summed E-state index contributed by atoms with van der Waals surface area (Å²) in [6.45, 7) is 1.79. The summed E-state index contributed by atoms with van der Waals surface area (Å²) < 4.78 is 16.7. The lowest BCUT2D eigenvalue weighted by Crippen LogP contribution is -2.00. The summed E-state index contributed by atoms with van der Waals surface area (Å²) in [6, 6.07) is 3.47. The minimum atomic E-state index is -0.0713. The number of ether oxygens (including phenoxy) is 2. The molecule has 0 unspecified atom stereocenters. The smallest absolute Gasteiger partial charge is 0.253 e. The number of hydrogen-bond acceptors (Lipinski definition) is 6. The molecule has 1 aromatic carbocycles. The third-order valence-electron chi connectivity index (χ3n) is 2.38. The molecule has 0 bridgehead atoms. The Morgan fingerprint density at radius 3 is 2.74 bits per heavy atom. The van der Waals surface area contributed by atoms with Gasteiger partial charge >= 0.3 is 0 Å². The molecule has 0 aliphatic heterocycles. The van der Waals surface area contributed by atoms with Crippen molar-refractivity contribution in [2.75, 3.05) is 7.11 Å². The number of aliphatic hydroxyl groups excluding tert-OH is 1. The van der Waals surface area contributed by atoms with E-state index in [1.54, 1.807) is 19.1 Å². The topological polar surface area (TPSA) is 77.6 Å². The molecule has 0 saturated heterocycles. The van der Waals surface area contributed by atoms with Crippen LogP contribution in [0.3, 0.4) is 0 Å². The lowest BCUT2D eigenvalue weighted by atomic mass is 10.2. The Bertz CT molecular complexity index is 571. The number of aromatic nitrogens is 2. The SMILES string of the molecule is COc1cc(CO)cc(Br)c1OCc1nnc(C)o1. The molecule has 0 radical (unpaired) electrons. The molecule has 0 aliphatic rings. The molecule has 6 nitrogen and oxygen atoms in total. The molecule has 2 aromatic rings. The van der Waals surface area contributed by atoms with E-state index in [1.165, 1.54) is 7.11 Å². The molecule has 19 heavy (non-hydrogen) atoms. The molecule has 1 aromatic heterocycles. The maximum Gasteiger partial charge on any atom is 0.253 e. The van der Waals surface area contributed by atoms with E-state index in [1.807, 2.05) is 0 Å². The van der Waals surface area contributed by atoms with Gasteiger partial charge in [-0.25, -0.2) is 0 Å². The summed E-state index contributed by atoms with van der Waals surface area (Å²) >= 11 is 3.38. The van der Waals surface area contributed by atoms with Crippen LogP contribution in [0.5, 0.6) is 11.5 Å². The van der Waals surface area contributed by atoms with E-state index in [0.717, 1.165) is 5.56 Å². The molecule has 1 N–H and O–H groups in total. The van der Waals surface area contributed by atoms with Crippen LogP contribution in [-0.2, 0) is 13.2 Å². The molecule has 1 heterocycles. The van der Waals surface area contributed by atoms with Crippen LogP contribution in [-0.4, -0.2) is 22.4 Å². The van der Waals surface area contributed by atoms with Crippen molar-refractivity contribution in [1.82, 2.24) is 10.2 Å². The van der Waals surface area contributed by atoms with Gasteiger partial charge in [-0.15, -0.1) is 10.2 Å². The van der Waals surface area contributed by atoms with Gasteiger partial charge in [-0.05, 0) is 33.6 Å². The molecule has 0 fully saturated rings. The standard InChI is InChI=1S/C12H13BrN2O4/c1-7-14-15-11(19-7)6-18-12-9(13)3-8(5-16)4-10(12)17-2/h3-4,16H,5-6H2,1-2H3. The molecule has 0 amide bonds. The number of hydrogen-bond donors (Lipinski definition) is 1. The van der Waals surface area contributed by atoms with Gasteiger partial charge in [0.25, 0.3) is 5.89 Å². The van der Waals surface area contributed by atoms with Crippen LogP contribution in [0.1, 0.15) is 17.3 Å². The second-order valence-corrected chi connectivity index (χ2v) is 4.62. The summed E-state index contributed by atoms with van der Waals surface area (Å²) in [7, 11) is 1.53. The highest BCUT2D eigenvalue weighted by Crippen LogP contribution is 2.37. The molecule has 7 heteroatoms. The Morgan fingerprint density at radius 1 is 1.37 bits per heavy atom. The molecule has 0 spiro atoms. The fraction of sp³-hybridized carbons (Fsp3) is 0.333. The second kappa shape index (κ2) is 6.03. The first-order chi connectivity index (χ1) is 9.13. The number of nitrogens with zero attached hydrogens (tertiary/aromatic N) is 2. The predicted octanol–water partition coefficient (Wildman–Crippen LogP) is 2.22. The van der Waals surface area contributed by atoms with Gasteiger partial charge in [-0.2, -0.15) is 0 Å². The van der Waals surface area contributed by atoms with Gasteiger partial charge in [0, 0.05) is 6.92 Å². The number of methoxy groups -OCH3 is 1. The zero-order valence-corrected chi connectivity index (χ0v) is 12.1. The average Bonchev–Trinajstić information content (AvgIpc) is 2.82. The number of benzene rings is 1. The first kappa shape index (κ1) is 13.8. The summed E-state index contributed by atoms with van der Waals surface area (Å²) in [5.74, 6) is 1.92. The summed E-state index contributed by atoms with van der Waals surface area (Å²) in [6.07, 6.45) is 0. The quantitative estimate of drug-likeness (QED) is 0.906. The third-order valence-corrected chi connectivity index (χ3v) is 2.97. The molecular formula is C12H13BrN2O4. The van der Waals surface area contributed by atoms with Crippen molar-refractivity contribution in [3.8, 4) is 11.5 Å². The summed E-state index contributed by atoms with van der Waals surface area (Å²) in [5.41, 5.74) is 0.727. The van der Waals surface area contributed by atoms with E-state index >= 15 is 0 Å². The predicted molar refractivity (Wildman–Crippen MR) is 70.0 cm³/mol. The molecule has 102 valence electrons. The number of aryl methyl sites for hydroxylation is 1. The number of halogens is 1. The largest absolute Gasteiger partial charge is 0.493 e. The molecular weight excluding hydrogens is 316 g/mol. The highest BCUT2D eigenvalue weighted by molar-refractivity contribution is 9.10. The summed E-state index contributed by atoms with van der Waals surface area (Å²) in [5, 5.41) is 16.7. The van der Waals surface area contributed by atoms with Crippen LogP contribution in [0.4, 0.5) is 0 Å². The Balaban J connectivity index is 2.19. The monoisotopic (exact) mass is 328 g/mol. The van der Waals surface area contributed by atoms with Crippen molar-refractivity contribution in [2.24, 2.45) is 0 Å². The minimum Gasteiger partial charge on any atom is -0.493 e. The fourth-order valence-corrected chi connectivity index (χ4v) is 2.14. The number of rotatable bonds is 5. The van der Waals surface area contributed by atoms with Gasteiger partial charge in [-0.1, -0.05) is 0 Å². The van der Waals surface area contributed by atoms with Gasteiger partial charge in [0.15, 0.2) is 18.1 Å². The first-order valence-electron chi connectivity index (χ1n) is 5.53. The van der Waals surface area contributed by atoms with Gasteiger partial charge in [0.05, 0.1) is 18.2 Å². The highest BCUT2D eigenvalue weighted by Gasteiger charge is 2.13. The average molecular weight is 329 g/mol. The van der Waals surface area contributed by atoms with E-state index in [9.17, 15) is 0 Å². The van der Waals surface area contributed by atoms with Gasteiger partial charge in [-0.3, -0.25) is 0 Å². The van der Waals surface area contributed by atoms with Crippen molar-refractivity contribution < 1.29 is 19.0 Å². The van der Waals surface area contributed by atoms with Crippen LogP contribution >= 0.6 is 15.9 Å². The van der Waals surface area contributed by atoms with E-state index < -0.39 is 0 Å². The molecule has 0 atom stereocenters. The van der Waals surface area contributed by atoms with Crippen molar-refractivity contribution in [1.29, 1.82) is 0 Å². The van der Waals surface area contributed by atoms with Crippen LogP contribution in [0, 0.1) is 6.92 Å². The molecule has 0 aliphatic carbocycles. The molecule has 2 rings (SSSR count). The maximum absolute atomic E-state index is 9.13. The van der Waals surface area contributed by atoms with Crippen molar-refractivity contribution in [3.05, 3.63) is 34.0 Å².